The quantitative estimate of drug-likeness (QED) is 0.460. The third-order valence-electron chi connectivity index (χ3n) is 5.24. The summed E-state index contributed by atoms with van der Waals surface area (Å²) < 4.78 is 7.86. The summed E-state index contributed by atoms with van der Waals surface area (Å²) >= 11 is 0. The fourth-order valence-corrected chi connectivity index (χ4v) is 3.61. The van der Waals surface area contributed by atoms with E-state index in [1.54, 1.807) is 12.1 Å². The summed E-state index contributed by atoms with van der Waals surface area (Å²) in [6.07, 6.45) is 1.50. The number of benzene rings is 2. The van der Waals surface area contributed by atoms with Crippen LogP contribution in [-0.2, 0) is 7.05 Å². The molecule has 1 amide bonds. The summed E-state index contributed by atoms with van der Waals surface area (Å²) in [5, 5.41) is 3.42. The van der Waals surface area contributed by atoms with E-state index in [0.29, 0.717) is 17.4 Å². The molecule has 7 nitrogen and oxygen atoms in total. The van der Waals surface area contributed by atoms with Crippen molar-refractivity contribution in [1.82, 2.24) is 14.5 Å². The standard InChI is InChI=1S/C24H25N5O2/c1-14(2)18-12-16(8-7-15(18)3)27-24-28-19-13-17(9-10-20(19)29(24)4)31-21-6-5-11-26-22(21)23(25)30/h5-14H,1-4H3,(H2,25,30)(H,27,28). The van der Waals surface area contributed by atoms with E-state index in [1.807, 2.05) is 29.8 Å². The number of nitrogens with one attached hydrogen (secondary N) is 1. The van der Waals surface area contributed by atoms with Crippen LogP contribution in [0.25, 0.3) is 11.0 Å². The Morgan fingerprint density at radius 1 is 1.16 bits per heavy atom. The first-order chi connectivity index (χ1) is 14.8. The van der Waals surface area contributed by atoms with Crippen LogP contribution in [0.4, 0.5) is 11.6 Å². The summed E-state index contributed by atoms with van der Waals surface area (Å²) in [5.74, 6) is 1.39. The number of hydrogen-bond acceptors (Lipinski definition) is 5. The number of hydrogen-bond donors (Lipinski definition) is 2. The van der Waals surface area contributed by atoms with Gasteiger partial charge in [0.1, 0.15) is 5.75 Å². The van der Waals surface area contributed by atoms with Crippen LogP contribution in [0.3, 0.4) is 0 Å². The van der Waals surface area contributed by atoms with E-state index in [-0.39, 0.29) is 5.69 Å². The Hall–Kier alpha value is -3.87. The lowest BCUT2D eigenvalue weighted by Crippen LogP contribution is -2.14. The molecule has 0 aliphatic carbocycles. The van der Waals surface area contributed by atoms with Crippen molar-refractivity contribution in [2.75, 3.05) is 5.32 Å². The molecule has 0 saturated heterocycles. The molecule has 158 valence electrons. The molecule has 0 radical (unpaired) electrons. The Kier molecular flexibility index (Phi) is 5.33. The van der Waals surface area contributed by atoms with Gasteiger partial charge in [-0.1, -0.05) is 19.9 Å². The van der Waals surface area contributed by atoms with Crippen molar-refractivity contribution in [3.8, 4) is 11.5 Å². The summed E-state index contributed by atoms with van der Waals surface area (Å²) in [6, 6.07) is 15.3. The SMILES string of the molecule is Cc1ccc(Nc2nc3cc(Oc4cccnc4C(N)=O)ccc3n2C)cc1C(C)C. The van der Waals surface area contributed by atoms with Gasteiger partial charge >= 0.3 is 0 Å². The lowest BCUT2D eigenvalue weighted by Gasteiger charge is -2.13. The third kappa shape index (κ3) is 4.07. The molecule has 2 aromatic carbocycles. The third-order valence-corrected chi connectivity index (χ3v) is 5.24. The number of amides is 1. The largest absolute Gasteiger partial charge is 0.455 e. The molecule has 0 bridgehead atoms. The molecular formula is C24H25N5O2. The van der Waals surface area contributed by atoms with Gasteiger partial charge < -0.3 is 20.4 Å². The minimum Gasteiger partial charge on any atom is -0.455 e. The van der Waals surface area contributed by atoms with Gasteiger partial charge in [-0.25, -0.2) is 9.97 Å². The molecule has 2 heterocycles. The molecule has 31 heavy (non-hydrogen) atoms. The molecule has 0 aliphatic rings. The number of fused-ring (bicyclic) bond motifs is 1. The van der Waals surface area contributed by atoms with E-state index in [4.69, 9.17) is 15.5 Å². The Morgan fingerprint density at radius 3 is 2.71 bits per heavy atom. The van der Waals surface area contributed by atoms with Crippen LogP contribution < -0.4 is 15.8 Å². The number of ether oxygens (including phenoxy) is 1. The zero-order valence-corrected chi connectivity index (χ0v) is 18.0. The molecule has 2 aromatic heterocycles. The molecular weight excluding hydrogens is 390 g/mol. The van der Waals surface area contributed by atoms with Crippen LogP contribution in [0.2, 0.25) is 0 Å². The number of aryl methyl sites for hydroxylation is 2. The van der Waals surface area contributed by atoms with E-state index in [0.717, 1.165) is 22.7 Å². The second-order valence-corrected chi connectivity index (χ2v) is 7.81. The summed E-state index contributed by atoms with van der Waals surface area (Å²) in [6.45, 7) is 6.50. The monoisotopic (exact) mass is 415 g/mol. The lowest BCUT2D eigenvalue weighted by molar-refractivity contribution is 0.0993. The van der Waals surface area contributed by atoms with Crippen LogP contribution in [0.5, 0.6) is 11.5 Å². The minimum absolute atomic E-state index is 0.0892. The van der Waals surface area contributed by atoms with E-state index in [9.17, 15) is 4.79 Å². The van der Waals surface area contributed by atoms with Crippen molar-refractivity contribution in [1.29, 1.82) is 0 Å². The molecule has 0 fully saturated rings. The highest BCUT2D eigenvalue weighted by Gasteiger charge is 2.14. The maximum atomic E-state index is 11.6. The number of aromatic nitrogens is 3. The zero-order valence-electron chi connectivity index (χ0n) is 18.0. The minimum atomic E-state index is -0.639. The zero-order chi connectivity index (χ0) is 22.1. The molecule has 0 saturated carbocycles. The first-order valence-corrected chi connectivity index (χ1v) is 10.1. The van der Waals surface area contributed by atoms with Gasteiger partial charge in [0.25, 0.3) is 5.91 Å². The maximum Gasteiger partial charge on any atom is 0.271 e. The summed E-state index contributed by atoms with van der Waals surface area (Å²) in [4.78, 5) is 20.3. The van der Waals surface area contributed by atoms with Crippen molar-refractivity contribution < 1.29 is 9.53 Å². The van der Waals surface area contributed by atoms with Crippen molar-refractivity contribution in [2.24, 2.45) is 12.8 Å². The number of rotatable bonds is 6. The topological polar surface area (TPSA) is 95.1 Å². The highest BCUT2D eigenvalue weighted by molar-refractivity contribution is 5.93. The van der Waals surface area contributed by atoms with Gasteiger partial charge in [0, 0.05) is 25.0 Å². The number of nitrogens with zero attached hydrogens (tertiary/aromatic N) is 3. The van der Waals surface area contributed by atoms with Gasteiger partial charge in [0.2, 0.25) is 5.95 Å². The second-order valence-electron chi connectivity index (χ2n) is 7.81. The second kappa shape index (κ2) is 8.10. The van der Waals surface area contributed by atoms with E-state index in [1.165, 1.54) is 17.3 Å². The average Bonchev–Trinajstić information content (AvgIpc) is 3.04. The number of pyridine rings is 1. The van der Waals surface area contributed by atoms with Gasteiger partial charge in [-0.15, -0.1) is 0 Å². The Morgan fingerprint density at radius 2 is 1.97 bits per heavy atom. The van der Waals surface area contributed by atoms with E-state index < -0.39 is 5.91 Å². The van der Waals surface area contributed by atoms with Crippen molar-refractivity contribution in [3.05, 3.63) is 71.5 Å². The number of carbonyl (C=O) groups is 1. The Balaban J connectivity index is 1.64. The summed E-state index contributed by atoms with van der Waals surface area (Å²) in [7, 11) is 1.96. The summed E-state index contributed by atoms with van der Waals surface area (Å²) in [5.41, 5.74) is 10.8. The number of nitrogens with two attached hydrogens (primary N) is 1. The van der Waals surface area contributed by atoms with Crippen molar-refractivity contribution >= 4 is 28.6 Å². The lowest BCUT2D eigenvalue weighted by atomic mass is 9.97. The smallest absolute Gasteiger partial charge is 0.271 e. The van der Waals surface area contributed by atoms with Crippen molar-refractivity contribution in [3.63, 3.8) is 0 Å². The first kappa shape index (κ1) is 20.4. The van der Waals surface area contributed by atoms with Gasteiger partial charge in [0.15, 0.2) is 11.4 Å². The Labute approximate surface area is 180 Å². The van der Waals surface area contributed by atoms with Crippen LogP contribution in [-0.4, -0.2) is 20.4 Å². The molecule has 4 rings (SSSR count). The van der Waals surface area contributed by atoms with E-state index in [2.05, 4.69) is 49.3 Å². The number of imidazole rings is 1. The molecule has 7 heteroatoms. The average molecular weight is 415 g/mol. The van der Waals surface area contributed by atoms with E-state index >= 15 is 0 Å². The van der Waals surface area contributed by atoms with Gasteiger partial charge in [-0.05, 0) is 60.4 Å². The molecule has 0 unspecified atom stereocenters. The predicted octanol–water partition coefficient (Wildman–Crippen LogP) is 5.03. The molecule has 4 aromatic rings. The van der Waals surface area contributed by atoms with Gasteiger partial charge in [0.05, 0.1) is 11.0 Å². The highest BCUT2D eigenvalue weighted by atomic mass is 16.5. The molecule has 0 aliphatic heterocycles. The molecule has 0 spiro atoms. The molecule has 0 atom stereocenters. The van der Waals surface area contributed by atoms with Gasteiger partial charge in [-0.2, -0.15) is 0 Å². The van der Waals surface area contributed by atoms with Crippen LogP contribution in [0.1, 0.15) is 41.4 Å². The van der Waals surface area contributed by atoms with Crippen LogP contribution in [0.15, 0.2) is 54.7 Å². The number of primary amides is 1. The molecule has 3 N–H and O–H groups in total. The predicted molar refractivity (Wildman–Crippen MR) is 122 cm³/mol. The van der Waals surface area contributed by atoms with Crippen molar-refractivity contribution in [2.45, 2.75) is 26.7 Å². The van der Waals surface area contributed by atoms with Gasteiger partial charge in [-0.3, -0.25) is 4.79 Å². The highest BCUT2D eigenvalue weighted by Crippen LogP contribution is 2.30. The Bertz CT molecular complexity index is 1280. The van der Waals surface area contributed by atoms with Crippen LogP contribution in [0, 0.1) is 6.92 Å². The fraction of sp³-hybridized carbons (Fsp3) is 0.208. The first-order valence-electron chi connectivity index (χ1n) is 10.1. The fourth-order valence-electron chi connectivity index (χ4n) is 3.61. The number of carbonyl (C=O) groups excluding carboxylic acids is 1. The normalized spacial score (nSPS) is 11.1. The maximum absolute atomic E-state index is 11.6. The number of anilines is 2. The van der Waals surface area contributed by atoms with Crippen LogP contribution >= 0.6 is 0 Å².